The number of benzene rings is 1. The molecule has 0 aliphatic carbocycles. The van der Waals surface area contributed by atoms with Crippen molar-refractivity contribution in [1.82, 2.24) is 0 Å². The van der Waals surface area contributed by atoms with E-state index in [0.29, 0.717) is 24.1 Å². The summed E-state index contributed by atoms with van der Waals surface area (Å²) in [5.74, 6) is 2.23. The van der Waals surface area contributed by atoms with Crippen LogP contribution in [0.15, 0.2) is 24.3 Å². The van der Waals surface area contributed by atoms with E-state index in [-0.39, 0.29) is 11.7 Å². The van der Waals surface area contributed by atoms with Gasteiger partial charge in [-0.15, -0.1) is 12.3 Å². The lowest BCUT2D eigenvalue weighted by atomic mass is 10.1. The highest BCUT2D eigenvalue weighted by Crippen LogP contribution is 2.11. The minimum atomic E-state index is -0.140. The van der Waals surface area contributed by atoms with E-state index < -0.39 is 0 Å². The SMILES string of the molecule is C#CCCC(=O)Nc1cccc(C(C)=O)c1. The minimum absolute atomic E-state index is 0.0280. The number of hydrogen-bond donors (Lipinski definition) is 1. The van der Waals surface area contributed by atoms with Crippen molar-refractivity contribution in [2.45, 2.75) is 19.8 Å². The van der Waals surface area contributed by atoms with E-state index in [1.807, 2.05) is 0 Å². The molecule has 3 nitrogen and oxygen atoms in total. The van der Waals surface area contributed by atoms with E-state index in [2.05, 4.69) is 11.2 Å². The normalized spacial score (nSPS) is 9.25. The summed E-state index contributed by atoms with van der Waals surface area (Å²) in [7, 11) is 0. The van der Waals surface area contributed by atoms with Gasteiger partial charge in [-0.3, -0.25) is 9.59 Å². The number of nitrogens with one attached hydrogen (secondary N) is 1. The minimum Gasteiger partial charge on any atom is -0.326 e. The summed E-state index contributed by atoms with van der Waals surface area (Å²) in [5.41, 5.74) is 1.20. The van der Waals surface area contributed by atoms with Crippen LogP contribution < -0.4 is 5.32 Å². The van der Waals surface area contributed by atoms with Gasteiger partial charge in [-0.2, -0.15) is 0 Å². The van der Waals surface area contributed by atoms with Gasteiger partial charge in [0.2, 0.25) is 5.91 Å². The van der Waals surface area contributed by atoms with Gasteiger partial charge in [0.05, 0.1) is 0 Å². The molecule has 0 aliphatic rings. The maximum Gasteiger partial charge on any atom is 0.225 e. The summed E-state index contributed by atoms with van der Waals surface area (Å²) >= 11 is 0. The zero-order valence-corrected chi connectivity index (χ0v) is 9.12. The molecule has 1 N–H and O–H groups in total. The number of carbonyl (C=O) groups excluding carboxylic acids is 2. The maximum atomic E-state index is 11.4. The Hall–Kier alpha value is -2.08. The molecule has 0 saturated carbocycles. The van der Waals surface area contributed by atoms with Crippen LogP contribution in [-0.2, 0) is 4.79 Å². The Balaban J connectivity index is 2.67. The van der Waals surface area contributed by atoms with Crippen LogP contribution in [0, 0.1) is 12.3 Å². The molecule has 3 heteroatoms. The van der Waals surface area contributed by atoms with Crippen molar-refractivity contribution in [3.8, 4) is 12.3 Å². The van der Waals surface area contributed by atoms with E-state index in [4.69, 9.17) is 6.42 Å². The second-order valence-electron chi connectivity index (χ2n) is 3.39. The van der Waals surface area contributed by atoms with Crippen molar-refractivity contribution in [3.63, 3.8) is 0 Å². The van der Waals surface area contributed by atoms with Gasteiger partial charge < -0.3 is 5.32 Å². The molecule has 0 aliphatic heterocycles. The summed E-state index contributed by atoms with van der Waals surface area (Å²) < 4.78 is 0. The maximum absolute atomic E-state index is 11.4. The quantitative estimate of drug-likeness (QED) is 0.618. The predicted molar refractivity (Wildman–Crippen MR) is 63.1 cm³/mol. The second kappa shape index (κ2) is 5.72. The monoisotopic (exact) mass is 215 g/mol. The van der Waals surface area contributed by atoms with Crippen LogP contribution in [0.2, 0.25) is 0 Å². The van der Waals surface area contributed by atoms with Crippen molar-refractivity contribution in [2.75, 3.05) is 5.32 Å². The molecule has 82 valence electrons. The summed E-state index contributed by atoms with van der Waals surface area (Å²) in [4.78, 5) is 22.5. The number of amides is 1. The van der Waals surface area contributed by atoms with E-state index in [0.717, 1.165) is 0 Å². The molecule has 1 aromatic carbocycles. The van der Waals surface area contributed by atoms with E-state index in [1.165, 1.54) is 6.92 Å². The van der Waals surface area contributed by atoms with Crippen LogP contribution in [0.5, 0.6) is 0 Å². The highest BCUT2D eigenvalue weighted by molar-refractivity contribution is 5.97. The van der Waals surface area contributed by atoms with Gasteiger partial charge in [0, 0.05) is 24.1 Å². The molecule has 1 amide bonds. The molecule has 0 unspecified atom stereocenters. The van der Waals surface area contributed by atoms with Gasteiger partial charge in [-0.05, 0) is 19.1 Å². The lowest BCUT2D eigenvalue weighted by Crippen LogP contribution is -2.11. The molecule has 0 saturated heterocycles. The number of carbonyl (C=O) groups is 2. The topological polar surface area (TPSA) is 46.2 Å². The lowest BCUT2D eigenvalue weighted by Gasteiger charge is -2.04. The Kier molecular flexibility index (Phi) is 4.28. The third-order valence-electron chi connectivity index (χ3n) is 2.05. The number of ketones is 1. The molecule has 0 aromatic heterocycles. The number of terminal acetylenes is 1. The van der Waals surface area contributed by atoms with Gasteiger partial charge in [0.15, 0.2) is 5.78 Å². The Morgan fingerprint density at radius 1 is 1.44 bits per heavy atom. The van der Waals surface area contributed by atoms with Gasteiger partial charge >= 0.3 is 0 Å². The molecule has 0 atom stereocenters. The Labute approximate surface area is 94.9 Å². The lowest BCUT2D eigenvalue weighted by molar-refractivity contribution is -0.116. The largest absolute Gasteiger partial charge is 0.326 e. The van der Waals surface area contributed by atoms with Gasteiger partial charge in [-0.25, -0.2) is 0 Å². The third kappa shape index (κ3) is 3.58. The molecule has 0 heterocycles. The fraction of sp³-hybridized carbons (Fsp3) is 0.231. The number of hydrogen-bond acceptors (Lipinski definition) is 2. The summed E-state index contributed by atoms with van der Waals surface area (Å²) in [5, 5.41) is 2.69. The van der Waals surface area contributed by atoms with Crippen LogP contribution in [0.25, 0.3) is 0 Å². The fourth-order valence-electron chi connectivity index (χ4n) is 1.23. The van der Waals surface area contributed by atoms with Crippen LogP contribution in [-0.4, -0.2) is 11.7 Å². The van der Waals surface area contributed by atoms with E-state index >= 15 is 0 Å². The van der Waals surface area contributed by atoms with Gasteiger partial charge in [0.1, 0.15) is 0 Å². The smallest absolute Gasteiger partial charge is 0.225 e. The zero-order valence-electron chi connectivity index (χ0n) is 9.12. The average Bonchev–Trinajstić information content (AvgIpc) is 2.26. The molecule has 0 radical (unpaired) electrons. The molecule has 0 fully saturated rings. The standard InChI is InChI=1S/C13H13NO2/c1-3-4-8-13(16)14-12-7-5-6-11(9-12)10(2)15/h1,5-7,9H,4,8H2,2H3,(H,14,16). The summed E-state index contributed by atoms with van der Waals surface area (Å²) in [6.07, 6.45) is 5.77. The molecule has 1 rings (SSSR count). The van der Waals surface area contributed by atoms with Crippen LogP contribution in [0.3, 0.4) is 0 Å². The van der Waals surface area contributed by atoms with E-state index in [1.54, 1.807) is 24.3 Å². The highest BCUT2D eigenvalue weighted by Gasteiger charge is 2.03. The molecular weight excluding hydrogens is 202 g/mol. The Morgan fingerprint density at radius 2 is 2.19 bits per heavy atom. The fourth-order valence-corrected chi connectivity index (χ4v) is 1.23. The van der Waals surface area contributed by atoms with Crippen molar-refractivity contribution in [1.29, 1.82) is 0 Å². The first-order valence-corrected chi connectivity index (χ1v) is 4.98. The highest BCUT2D eigenvalue weighted by atomic mass is 16.1. The number of anilines is 1. The van der Waals surface area contributed by atoms with Gasteiger partial charge in [0.25, 0.3) is 0 Å². The first kappa shape index (κ1) is 12.0. The second-order valence-corrected chi connectivity index (χ2v) is 3.39. The number of Topliss-reactive ketones (excluding diaryl/α,β-unsaturated/α-hetero) is 1. The molecule has 0 spiro atoms. The van der Waals surface area contributed by atoms with Crippen molar-refractivity contribution < 1.29 is 9.59 Å². The van der Waals surface area contributed by atoms with Crippen LogP contribution >= 0.6 is 0 Å². The van der Waals surface area contributed by atoms with Crippen LogP contribution in [0.4, 0.5) is 5.69 Å². The third-order valence-corrected chi connectivity index (χ3v) is 2.05. The molecule has 1 aromatic rings. The molecular formula is C13H13NO2. The first-order chi connectivity index (χ1) is 7.63. The molecule has 0 bridgehead atoms. The van der Waals surface area contributed by atoms with E-state index in [9.17, 15) is 9.59 Å². The Morgan fingerprint density at radius 3 is 2.81 bits per heavy atom. The summed E-state index contributed by atoms with van der Waals surface area (Å²) in [6, 6.07) is 6.82. The zero-order chi connectivity index (χ0) is 12.0. The first-order valence-electron chi connectivity index (χ1n) is 4.98. The van der Waals surface area contributed by atoms with Crippen molar-refractivity contribution in [3.05, 3.63) is 29.8 Å². The molecule has 16 heavy (non-hydrogen) atoms. The predicted octanol–water partition coefficient (Wildman–Crippen LogP) is 2.24. The van der Waals surface area contributed by atoms with Crippen LogP contribution in [0.1, 0.15) is 30.1 Å². The van der Waals surface area contributed by atoms with Crippen molar-refractivity contribution in [2.24, 2.45) is 0 Å². The number of rotatable bonds is 4. The Bertz CT molecular complexity index is 443. The van der Waals surface area contributed by atoms with Crippen molar-refractivity contribution >= 4 is 17.4 Å². The average molecular weight is 215 g/mol. The summed E-state index contributed by atoms with van der Waals surface area (Å²) in [6.45, 7) is 1.49. The van der Waals surface area contributed by atoms with Gasteiger partial charge in [-0.1, -0.05) is 12.1 Å².